The Bertz CT molecular complexity index is 1680. The van der Waals surface area contributed by atoms with E-state index < -0.39 is 32.5 Å². The molecule has 1 heterocycles. The summed E-state index contributed by atoms with van der Waals surface area (Å²) in [6.07, 6.45) is -2.60. The molecule has 0 aliphatic carbocycles. The maximum absolute atomic E-state index is 15.1. The van der Waals surface area contributed by atoms with Crippen LogP contribution in [-0.2, 0) is 16.2 Å². The van der Waals surface area contributed by atoms with Crippen LogP contribution in [0, 0.1) is 5.82 Å². The molecule has 0 saturated heterocycles. The van der Waals surface area contributed by atoms with Gasteiger partial charge in [0.25, 0.3) is 10.0 Å². The molecule has 13 heteroatoms. The Kier molecular flexibility index (Phi) is 9.97. The molecular formula is C30H31F4N3O5S. The highest BCUT2D eigenvalue weighted by molar-refractivity contribution is 7.92. The molecular weight excluding hydrogens is 590 g/mol. The summed E-state index contributed by atoms with van der Waals surface area (Å²) in [7, 11) is -3.19. The van der Waals surface area contributed by atoms with E-state index >= 15 is 4.39 Å². The Balaban J connectivity index is 1.53. The number of benzene rings is 3. The van der Waals surface area contributed by atoms with E-state index in [-0.39, 0.29) is 17.2 Å². The van der Waals surface area contributed by atoms with Crippen molar-refractivity contribution in [3.63, 3.8) is 0 Å². The van der Waals surface area contributed by atoms with Crippen molar-refractivity contribution in [3.8, 4) is 23.0 Å². The number of methoxy groups -OCH3 is 1. The molecule has 0 spiro atoms. The highest BCUT2D eigenvalue weighted by Crippen LogP contribution is 2.38. The molecule has 8 nitrogen and oxygen atoms in total. The minimum atomic E-state index is -4.90. The maximum Gasteiger partial charge on any atom is 0.417 e. The van der Waals surface area contributed by atoms with E-state index in [1.54, 1.807) is 12.1 Å². The van der Waals surface area contributed by atoms with E-state index in [0.29, 0.717) is 35.1 Å². The molecule has 0 unspecified atom stereocenters. The lowest BCUT2D eigenvalue weighted by Crippen LogP contribution is -2.25. The van der Waals surface area contributed by atoms with Gasteiger partial charge in [0, 0.05) is 30.3 Å². The fourth-order valence-electron chi connectivity index (χ4n) is 4.41. The van der Waals surface area contributed by atoms with Crippen LogP contribution >= 0.6 is 0 Å². The molecule has 0 atom stereocenters. The van der Waals surface area contributed by atoms with Gasteiger partial charge in [-0.2, -0.15) is 13.2 Å². The molecule has 0 amide bonds. The van der Waals surface area contributed by atoms with Gasteiger partial charge in [-0.1, -0.05) is 26.0 Å². The van der Waals surface area contributed by atoms with Crippen LogP contribution in [0.15, 0.2) is 71.8 Å². The predicted octanol–water partition coefficient (Wildman–Crippen LogP) is 7.11. The number of alkyl halides is 3. The molecule has 3 aromatic carbocycles. The Morgan fingerprint density at radius 2 is 1.67 bits per heavy atom. The molecule has 4 rings (SSSR count). The topological polar surface area (TPSA) is 90.0 Å². The molecule has 1 N–H and O–H groups in total. The first-order valence-corrected chi connectivity index (χ1v) is 14.9. The van der Waals surface area contributed by atoms with Crippen LogP contribution in [-0.4, -0.2) is 51.7 Å². The number of nitrogens with zero attached hydrogens (tertiary/aromatic N) is 2. The normalized spacial score (nSPS) is 12.0. The van der Waals surface area contributed by atoms with Gasteiger partial charge in [-0.25, -0.2) is 12.8 Å². The fourth-order valence-corrected chi connectivity index (χ4v) is 5.69. The number of hydrogen-bond acceptors (Lipinski definition) is 7. The molecule has 0 bridgehead atoms. The lowest BCUT2D eigenvalue weighted by Gasteiger charge is -2.18. The van der Waals surface area contributed by atoms with Gasteiger partial charge in [-0.05, 0) is 55.9 Å². The third-order valence-electron chi connectivity index (χ3n) is 6.64. The minimum absolute atomic E-state index is 0.239. The first-order valence-electron chi connectivity index (χ1n) is 13.4. The predicted molar refractivity (Wildman–Crippen MR) is 155 cm³/mol. The molecule has 4 aromatic rings. The summed E-state index contributed by atoms with van der Waals surface area (Å²) >= 11 is 0. The number of anilines is 1. The summed E-state index contributed by atoms with van der Waals surface area (Å²) < 4.78 is 99.9. The van der Waals surface area contributed by atoms with Gasteiger partial charge in [0.1, 0.15) is 5.75 Å². The summed E-state index contributed by atoms with van der Waals surface area (Å²) in [6.45, 7) is 7.48. The lowest BCUT2D eigenvalue weighted by atomic mass is 10.1. The van der Waals surface area contributed by atoms with Gasteiger partial charge in [0.2, 0.25) is 0 Å². The first kappa shape index (κ1) is 31.8. The number of pyridine rings is 1. The van der Waals surface area contributed by atoms with Gasteiger partial charge in [-0.15, -0.1) is 0 Å². The van der Waals surface area contributed by atoms with Gasteiger partial charge < -0.3 is 19.1 Å². The van der Waals surface area contributed by atoms with Crippen LogP contribution in [0.25, 0.3) is 10.9 Å². The number of sulfonamides is 1. The SMILES string of the molecule is CCN(CC)CCCOc1cc2nccc(Oc3ccc(NS(=O)(=O)c4ccccc4C(F)(F)F)cc3F)c2cc1OC. The van der Waals surface area contributed by atoms with Crippen LogP contribution in [0.5, 0.6) is 23.0 Å². The van der Waals surface area contributed by atoms with Crippen molar-refractivity contribution in [2.45, 2.75) is 31.3 Å². The Labute approximate surface area is 247 Å². The molecule has 230 valence electrons. The summed E-state index contributed by atoms with van der Waals surface area (Å²) in [5.41, 5.74) is -1.12. The largest absolute Gasteiger partial charge is 0.493 e. The smallest absolute Gasteiger partial charge is 0.417 e. The van der Waals surface area contributed by atoms with E-state index in [1.807, 2.05) is 4.72 Å². The van der Waals surface area contributed by atoms with Crippen molar-refractivity contribution >= 4 is 26.6 Å². The van der Waals surface area contributed by atoms with Crippen molar-refractivity contribution in [2.75, 3.05) is 38.1 Å². The van der Waals surface area contributed by atoms with Crippen LogP contribution in [0.1, 0.15) is 25.8 Å². The Morgan fingerprint density at radius 3 is 2.35 bits per heavy atom. The number of halogens is 4. The molecule has 0 saturated carbocycles. The number of rotatable bonds is 13. The molecule has 0 radical (unpaired) electrons. The quantitative estimate of drug-likeness (QED) is 0.126. The van der Waals surface area contributed by atoms with Gasteiger partial charge in [0.05, 0.1) is 35.4 Å². The van der Waals surface area contributed by atoms with E-state index in [0.717, 1.165) is 50.3 Å². The van der Waals surface area contributed by atoms with E-state index in [2.05, 4.69) is 23.7 Å². The second kappa shape index (κ2) is 13.5. The number of ether oxygens (including phenoxy) is 3. The molecule has 0 aliphatic rings. The van der Waals surface area contributed by atoms with Gasteiger partial charge in [0.15, 0.2) is 23.1 Å². The zero-order valence-corrected chi connectivity index (χ0v) is 24.6. The summed E-state index contributed by atoms with van der Waals surface area (Å²) in [6, 6.07) is 11.8. The third kappa shape index (κ3) is 7.65. The van der Waals surface area contributed by atoms with E-state index in [1.165, 1.54) is 31.5 Å². The zero-order valence-electron chi connectivity index (χ0n) is 23.7. The summed E-state index contributed by atoms with van der Waals surface area (Å²) in [4.78, 5) is 5.67. The average Bonchev–Trinajstić information content (AvgIpc) is 2.97. The number of fused-ring (bicyclic) bond motifs is 1. The second-order valence-corrected chi connectivity index (χ2v) is 11.1. The van der Waals surface area contributed by atoms with E-state index in [4.69, 9.17) is 14.2 Å². The van der Waals surface area contributed by atoms with Crippen LogP contribution in [0.3, 0.4) is 0 Å². The van der Waals surface area contributed by atoms with Crippen molar-refractivity contribution in [2.24, 2.45) is 0 Å². The standard InChI is InChI=1S/C30H31F4N3O5S/c1-4-37(5-2)15-8-16-41-28-19-24-21(18-27(28)40-3)25(13-14-35-24)42-26-12-11-20(17-23(26)31)36-43(38,39)29-10-7-6-9-22(29)30(32,33)34/h6-7,9-14,17-19,36H,4-5,8,15-16H2,1-3H3. The summed E-state index contributed by atoms with van der Waals surface area (Å²) in [5, 5.41) is 0.503. The first-order chi connectivity index (χ1) is 20.5. The monoisotopic (exact) mass is 621 g/mol. The lowest BCUT2D eigenvalue weighted by molar-refractivity contribution is -0.139. The second-order valence-electron chi connectivity index (χ2n) is 9.40. The Hall–Kier alpha value is -4.10. The molecule has 0 fully saturated rings. The fraction of sp³-hybridized carbons (Fsp3) is 0.300. The average molecular weight is 622 g/mol. The van der Waals surface area contributed by atoms with Gasteiger partial charge in [-0.3, -0.25) is 9.71 Å². The number of nitrogens with one attached hydrogen (secondary N) is 1. The van der Waals surface area contributed by atoms with Crippen LogP contribution in [0.2, 0.25) is 0 Å². The molecule has 43 heavy (non-hydrogen) atoms. The minimum Gasteiger partial charge on any atom is -0.493 e. The Morgan fingerprint density at radius 1 is 0.930 bits per heavy atom. The third-order valence-corrected chi connectivity index (χ3v) is 8.08. The van der Waals surface area contributed by atoms with Gasteiger partial charge >= 0.3 is 6.18 Å². The van der Waals surface area contributed by atoms with Crippen molar-refractivity contribution in [1.82, 2.24) is 9.88 Å². The molecule has 1 aromatic heterocycles. The van der Waals surface area contributed by atoms with E-state index in [9.17, 15) is 21.6 Å². The maximum atomic E-state index is 15.1. The van der Waals surface area contributed by atoms with Crippen LogP contribution < -0.4 is 18.9 Å². The van der Waals surface area contributed by atoms with Crippen molar-refractivity contribution in [3.05, 3.63) is 78.2 Å². The zero-order chi connectivity index (χ0) is 31.2. The van der Waals surface area contributed by atoms with Crippen molar-refractivity contribution < 1.29 is 40.2 Å². The summed E-state index contributed by atoms with van der Waals surface area (Å²) in [5.74, 6) is -0.0365. The number of hydrogen-bond donors (Lipinski definition) is 1. The van der Waals surface area contributed by atoms with Crippen molar-refractivity contribution in [1.29, 1.82) is 0 Å². The number of aromatic nitrogens is 1. The highest BCUT2D eigenvalue weighted by Gasteiger charge is 2.37. The molecule has 0 aliphatic heterocycles. The highest BCUT2D eigenvalue weighted by atomic mass is 32.2. The van der Waals surface area contributed by atoms with Crippen LogP contribution in [0.4, 0.5) is 23.2 Å².